The van der Waals surface area contributed by atoms with Crippen molar-refractivity contribution in [2.45, 2.75) is 13.8 Å². The number of amides is 1. The second kappa shape index (κ2) is 5.61. The molecular formula is C11H11N3O4S. The first-order valence-electron chi connectivity index (χ1n) is 5.48. The summed E-state index contributed by atoms with van der Waals surface area (Å²) in [5.41, 5.74) is 0.510. The van der Waals surface area contributed by atoms with Crippen LogP contribution in [0.1, 0.15) is 32.8 Å². The zero-order valence-electron chi connectivity index (χ0n) is 10.3. The van der Waals surface area contributed by atoms with Crippen LogP contribution in [-0.4, -0.2) is 28.6 Å². The quantitative estimate of drug-likeness (QED) is 0.860. The number of carbonyl (C=O) groups is 2. The van der Waals surface area contributed by atoms with Gasteiger partial charge in [0.25, 0.3) is 5.91 Å². The molecule has 0 saturated heterocycles. The topological polar surface area (TPSA) is 94.3 Å². The molecule has 2 aromatic heterocycles. The Morgan fingerprint density at radius 3 is 2.95 bits per heavy atom. The van der Waals surface area contributed by atoms with Crippen LogP contribution < -0.4 is 5.32 Å². The average Bonchev–Trinajstić information content (AvgIpc) is 2.99. The molecule has 2 aromatic rings. The van der Waals surface area contributed by atoms with Crippen LogP contribution in [0.25, 0.3) is 0 Å². The molecule has 0 aliphatic heterocycles. The van der Waals surface area contributed by atoms with Gasteiger partial charge in [0.05, 0.1) is 18.5 Å². The molecule has 0 fully saturated rings. The van der Waals surface area contributed by atoms with Crippen LogP contribution in [0.15, 0.2) is 16.8 Å². The van der Waals surface area contributed by atoms with Crippen LogP contribution >= 0.6 is 11.3 Å². The third-order valence-electron chi connectivity index (χ3n) is 2.14. The SMILES string of the molecule is CCOC(=O)c1sc(NC(=O)c2ccno2)nc1C. The van der Waals surface area contributed by atoms with E-state index in [-0.39, 0.29) is 12.4 Å². The molecule has 2 heterocycles. The number of thiazole rings is 1. The summed E-state index contributed by atoms with van der Waals surface area (Å²) in [6.07, 6.45) is 1.37. The number of nitrogens with zero attached hydrogens (tertiary/aromatic N) is 2. The Hall–Kier alpha value is -2.22. The molecule has 0 saturated carbocycles. The van der Waals surface area contributed by atoms with E-state index < -0.39 is 11.9 Å². The standard InChI is InChI=1S/C11H11N3O4S/c1-3-17-10(16)8-6(2)13-11(19-8)14-9(15)7-4-5-12-18-7/h4-5H,3H2,1-2H3,(H,13,14,15). The first-order chi connectivity index (χ1) is 9.11. The summed E-state index contributed by atoms with van der Waals surface area (Å²) in [6.45, 7) is 3.68. The number of aryl methyl sites for hydroxylation is 1. The number of hydrogen-bond acceptors (Lipinski definition) is 7. The number of anilines is 1. The molecule has 8 heteroatoms. The number of nitrogens with one attached hydrogen (secondary N) is 1. The summed E-state index contributed by atoms with van der Waals surface area (Å²) in [6, 6.07) is 1.43. The minimum atomic E-state index is -0.471. The fourth-order valence-electron chi connectivity index (χ4n) is 1.33. The van der Waals surface area contributed by atoms with Crippen LogP contribution in [0.5, 0.6) is 0 Å². The van der Waals surface area contributed by atoms with Crippen LogP contribution in [0, 0.1) is 6.92 Å². The van der Waals surface area contributed by atoms with Gasteiger partial charge in [0.15, 0.2) is 5.13 Å². The Kier molecular flexibility index (Phi) is 3.91. The van der Waals surface area contributed by atoms with Gasteiger partial charge in [0.2, 0.25) is 5.76 Å². The molecule has 0 aliphatic rings. The number of rotatable bonds is 4. The predicted octanol–water partition coefficient (Wildman–Crippen LogP) is 1.87. The maximum atomic E-state index is 11.7. The Morgan fingerprint density at radius 1 is 1.53 bits per heavy atom. The van der Waals surface area contributed by atoms with Crippen molar-refractivity contribution in [1.29, 1.82) is 0 Å². The highest BCUT2D eigenvalue weighted by Gasteiger charge is 2.18. The van der Waals surface area contributed by atoms with Crippen molar-refractivity contribution in [2.75, 3.05) is 11.9 Å². The lowest BCUT2D eigenvalue weighted by molar-refractivity contribution is 0.0531. The maximum absolute atomic E-state index is 11.7. The fraction of sp³-hybridized carbons (Fsp3) is 0.273. The number of carbonyl (C=O) groups excluding carboxylic acids is 2. The lowest BCUT2D eigenvalue weighted by Gasteiger charge is -1.97. The van der Waals surface area contributed by atoms with E-state index in [2.05, 4.69) is 15.5 Å². The van der Waals surface area contributed by atoms with Gasteiger partial charge >= 0.3 is 5.97 Å². The van der Waals surface area contributed by atoms with E-state index in [1.165, 1.54) is 12.3 Å². The number of ether oxygens (including phenoxy) is 1. The van der Waals surface area contributed by atoms with Crippen molar-refractivity contribution in [3.05, 3.63) is 28.6 Å². The molecule has 0 spiro atoms. The molecule has 7 nitrogen and oxygen atoms in total. The van der Waals surface area contributed by atoms with Gasteiger partial charge in [0, 0.05) is 6.07 Å². The molecule has 0 bridgehead atoms. The van der Waals surface area contributed by atoms with Gasteiger partial charge in [-0.15, -0.1) is 0 Å². The molecule has 0 unspecified atom stereocenters. The summed E-state index contributed by atoms with van der Waals surface area (Å²) in [5, 5.41) is 6.27. The first kappa shape index (κ1) is 13.2. The van der Waals surface area contributed by atoms with Gasteiger partial charge in [0.1, 0.15) is 4.88 Å². The molecule has 0 radical (unpaired) electrons. The molecule has 0 atom stereocenters. The molecule has 19 heavy (non-hydrogen) atoms. The highest BCUT2D eigenvalue weighted by Crippen LogP contribution is 2.23. The van der Waals surface area contributed by atoms with Gasteiger partial charge in [-0.25, -0.2) is 9.78 Å². The Balaban J connectivity index is 2.12. The van der Waals surface area contributed by atoms with Crippen LogP contribution in [0.3, 0.4) is 0 Å². The van der Waals surface area contributed by atoms with Crippen LogP contribution in [0.2, 0.25) is 0 Å². The molecule has 0 aromatic carbocycles. The highest BCUT2D eigenvalue weighted by atomic mass is 32.1. The lowest BCUT2D eigenvalue weighted by atomic mass is 10.4. The van der Waals surface area contributed by atoms with E-state index in [0.29, 0.717) is 15.7 Å². The average molecular weight is 281 g/mol. The molecule has 100 valence electrons. The summed E-state index contributed by atoms with van der Waals surface area (Å²) >= 11 is 1.05. The molecule has 0 aliphatic carbocycles. The van der Waals surface area contributed by atoms with Gasteiger partial charge in [-0.3, -0.25) is 10.1 Å². The van der Waals surface area contributed by atoms with Crippen molar-refractivity contribution in [2.24, 2.45) is 0 Å². The molecular weight excluding hydrogens is 270 g/mol. The number of hydrogen-bond donors (Lipinski definition) is 1. The zero-order valence-corrected chi connectivity index (χ0v) is 11.1. The van der Waals surface area contributed by atoms with Gasteiger partial charge < -0.3 is 9.26 Å². The summed E-state index contributed by atoms with van der Waals surface area (Å²) < 4.78 is 9.60. The second-order valence-corrected chi connectivity index (χ2v) is 4.48. The van der Waals surface area contributed by atoms with Crippen molar-refractivity contribution in [3.63, 3.8) is 0 Å². The normalized spacial score (nSPS) is 10.2. The van der Waals surface area contributed by atoms with Crippen molar-refractivity contribution in [3.8, 4) is 0 Å². The highest BCUT2D eigenvalue weighted by molar-refractivity contribution is 7.17. The largest absolute Gasteiger partial charge is 0.462 e. The van der Waals surface area contributed by atoms with E-state index >= 15 is 0 Å². The van der Waals surface area contributed by atoms with E-state index in [0.717, 1.165) is 11.3 Å². The number of aromatic nitrogens is 2. The summed E-state index contributed by atoms with van der Waals surface area (Å²) in [4.78, 5) is 27.8. The lowest BCUT2D eigenvalue weighted by Crippen LogP contribution is -2.10. The molecule has 1 amide bonds. The smallest absolute Gasteiger partial charge is 0.350 e. The van der Waals surface area contributed by atoms with Crippen molar-refractivity contribution in [1.82, 2.24) is 10.1 Å². The van der Waals surface area contributed by atoms with E-state index in [1.54, 1.807) is 13.8 Å². The Morgan fingerprint density at radius 2 is 2.32 bits per heavy atom. The van der Waals surface area contributed by atoms with Crippen molar-refractivity contribution < 1.29 is 18.8 Å². The van der Waals surface area contributed by atoms with Gasteiger partial charge in [-0.1, -0.05) is 16.5 Å². The van der Waals surface area contributed by atoms with Crippen molar-refractivity contribution >= 4 is 28.3 Å². The minimum Gasteiger partial charge on any atom is -0.462 e. The van der Waals surface area contributed by atoms with Crippen LogP contribution in [0.4, 0.5) is 5.13 Å². The minimum absolute atomic E-state index is 0.0746. The van der Waals surface area contributed by atoms with E-state index in [1.807, 2.05) is 0 Å². The van der Waals surface area contributed by atoms with Gasteiger partial charge in [-0.2, -0.15) is 0 Å². The maximum Gasteiger partial charge on any atom is 0.350 e. The Bertz CT molecular complexity index is 591. The summed E-state index contributed by atoms with van der Waals surface area (Å²) in [5.74, 6) is -0.843. The summed E-state index contributed by atoms with van der Waals surface area (Å²) in [7, 11) is 0. The third kappa shape index (κ3) is 2.97. The fourth-order valence-corrected chi connectivity index (χ4v) is 2.18. The Labute approximate surface area is 112 Å². The van der Waals surface area contributed by atoms with Crippen LogP contribution in [-0.2, 0) is 4.74 Å². The monoisotopic (exact) mass is 281 g/mol. The van der Waals surface area contributed by atoms with Gasteiger partial charge in [-0.05, 0) is 13.8 Å². The number of esters is 1. The second-order valence-electron chi connectivity index (χ2n) is 3.48. The predicted molar refractivity (Wildman–Crippen MR) is 67.3 cm³/mol. The zero-order chi connectivity index (χ0) is 13.8. The van der Waals surface area contributed by atoms with E-state index in [4.69, 9.17) is 9.26 Å². The first-order valence-corrected chi connectivity index (χ1v) is 6.30. The molecule has 1 N–H and O–H groups in total. The molecule has 2 rings (SSSR count). The third-order valence-corrected chi connectivity index (χ3v) is 3.19. The van der Waals surface area contributed by atoms with E-state index in [9.17, 15) is 9.59 Å².